The third-order valence-electron chi connectivity index (χ3n) is 3.54. The lowest BCUT2D eigenvalue weighted by Crippen LogP contribution is -2.21. The largest absolute Gasteiger partial charge is 0.454 e. The van der Waals surface area contributed by atoms with Crippen molar-refractivity contribution in [1.82, 2.24) is 9.97 Å². The molecule has 0 fully saturated rings. The van der Waals surface area contributed by atoms with Crippen molar-refractivity contribution < 1.29 is 13.9 Å². The first-order valence-electron chi connectivity index (χ1n) is 7.15. The molecule has 0 amide bonds. The molecule has 5 heteroatoms. The number of carbonyl (C=O) groups is 1. The number of pyridine rings is 2. The van der Waals surface area contributed by atoms with Crippen LogP contribution in [0.1, 0.15) is 19.5 Å². The van der Waals surface area contributed by atoms with Gasteiger partial charge in [0.15, 0.2) is 0 Å². The highest BCUT2D eigenvalue weighted by Crippen LogP contribution is 2.32. The zero-order valence-electron chi connectivity index (χ0n) is 12.8. The van der Waals surface area contributed by atoms with Crippen LogP contribution in [0.4, 0.5) is 4.39 Å². The van der Waals surface area contributed by atoms with E-state index < -0.39 is 5.41 Å². The zero-order valence-corrected chi connectivity index (χ0v) is 12.8. The molecule has 0 aliphatic heterocycles. The van der Waals surface area contributed by atoms with E-state index in [-0.39, 0.29) is 5.82 Å². The number of fused-ring (bicyclic) bond motifs is 1. The molecule has 2 aromatic heterocycles. The van der Waals surface area contributed by atoms with E-state index in [1.54, 1.807) is 50.4 Å². The van der Waals surface area contributed by atoms with Crippen molar-refractivity contribution in [1.29, 1.82) is 0 Å². The summed E-state index contributed by atoms with van der Waals surface area (Å²) in [5, 5.41) is 0.641. The molecule has 0 spiro atoms. The van der Waals surface area contributed by atoms with Gasteiger partial charge in [0.1, 0.15) is 29.1 Å². The number of benzene rings is 1. The summed E-state index contributed by atoms with van der Waals surface area (Å²) in [5.74, 6) is 0.555. The van der Waals surface area contributed by atoms with Crippen molar-refractivity contribution in [3.8, 4) is 11.5 Å². The van der Waals surface area contributed by atoms with Crippen LogP contribution < -0.4 is 4.74 Å². The highest BCUT2D eigenvalue weighted by molar-refractivity contribution is 5.80. The minimum atomic E-state index is -0.771. The van der Waals surface area contributed by atoms with Crippen LogP contribution in [-0.2, 0) is 10.2 Å². The van der Waals surface area contributed by atoms with Gasteiger partial charge in [-0.3, -0.25) is 4.98 Å². The number of hydrogen-bond donors (Lipinski definition) is 0. The van der Waals surface area contributed by atoms with Gasteiger partial charge in [0, 0.05) is 11.6 Å². The fourth-order valence-electron chi connectivity index (χ4n) is 2.30. The van der Waals surface area contributed by atoms with Crippen LogP contribution in [-0.4, -0.2) is 16.3 Å². The lowest BCUT2D eigenvalue weighted by atomic mass is 9.90. The number of halogens is 1. The Morgan fingerprint density at radius 3 is 2.78 bits per heavy atom. The maximum atomic E-state index is 13.7. The number of carbonyl (C=O) groups excluding carboxylic acids is 1. The second kappa shape index (κ2) is 5.76. The molecule has 23 heavy (non-hydrogen) atoms. The first-order valence-corrected chi connectivity index (χ1v) is 7.15. The quantitative estimate of drug-likeness (QED) is 0.683. The van der Waals surface area contributed by atoms with Crippen LogP contribution in [0.5, 0.6) is 11.5 Å². The van der Waals surface area contributed by atoms with Gasteiger partial charge in [0.05, 0.1) is 17.3 Å². The minimum absolute atomic E-state index is 0.291. The Bertz CT molecular complexity index is 878. The van der Waals surface area contributed by atoms with Crippen molar-refractivity contribution in [2.45, 2.75) is 19.3 Å². The molecule has 2 heterocycles. The predicted molar refractivity (Wildman–Crippen MR) is 85.1 cm³/mol. The van der Waals surface area contributed by atoms with Crippen molar-refractivity contribution >= 4 is 17.2 Å². The standard InChI is InChI=1S/C18H15FN2O2/c1-18(2,11-22)17-15(7-4-8-20-17)23-13-9-12-5-3-6-14(19)16(12)21-10-13/h3-11H,1-2H3. The summed E-state index contributed by atoms with van der Waals surface area (Å²) in [6.07, 6.45) is 3.90. The molecule has 0 saturated heterocycles. The molecular formula is C18H15FN2O2. The third kappa shape index (κ3) is 2.90. The number of aromatic nitrogens is 2. The molecule has 0 N–H and O–H groups in total. The molecule has 0 aliphatic rings. The average molecular weight is 310 g/mol. The Morgan fingerprint density at radius 2 is 2.00 bits per heavy atom. The minimum Gasteiger partial charge on any atom is -0.454 e. The van der Waals surface area contributed by atoms with Crippen LogP contribution in [0.15, 0.2) is 48.8 Å². The van der Waals surface area contributed by atoms with Gasteiger partial charge in [-0.05, 0) is 38.1 Å². The summed E-state index contributed by atoms with van der Waals surface area (Å²) in [6, 6.07) is 9.92. The fraction of sp³-hybridized carbons (Fsp3) is 0.167. The Hall–Kier alpha value is -2.82. The van der Waals surface area contributed by atoms with Crippen LogP contribution in [0, 0.1) is 5.82 Å². The number of aldehydes is 1. The first-order chi connectivity index (χ1) is 11.0. The van der Waals surface area contributed by atoms with Gasteiger partial charge < -0.3 is 9.53 Å². The van der Waals surface area contributed by atoms with Gasteiger partial charge in [-0.15, -0.1) is 0 Å². The molecule has 0 radical (unpaired) electrons. The van der Waals surface area contributed by atoms with Crippen molar-refractivity contribution in [3.05, 3.63) is 60.3 Å². The van der Waals surface area contributed by atoms with E-state index in [2.05, 4.69) is 9.97 Å². The number of ether oxygens (including phenoxy) is 1. The monoisotopic (exact) mass is 310 g/mol. The van der Waals surface area contributed by atoms with Gasteiger partial charge in [-0.2, -0.15) is 0 Å². The van der Waals surface area contributed by atoms with Crippen LogP contribution in [0.3, 0.4) is 0 Å². The van der Waals surface area contributed by atoms with Crippen LogP contribution in [0.25, 0.3) is 10.9 Å². The number of rotatable bonds is 4. The van der Waals surface area contributed by atoms with E-state index in [9.17, 15) is 9.18 Å². The fourth-order valence-corrected chi connectivity index (χ4v) is 2.30. The Kier molecular flexibility index (Phi) is 3.78. The van der Waals surface area contributed by atoms with E-state index in [0.29, 0.717) is 28.1 Å². The second-order valence-electron chi connectivity index (χ2n) is 5.77. The average Bonchev–Trinajstić information content (AvgIpc) is 2.55. The van der Waals surface area contributed by atoms with E-state index in [1.807, 2.05) is 0 Å². The Balaban J connectivity index is 2.02. The maximum absolute atomic E-state index is 13.7. The highest BCUT2D eigenvalue weighted by Gasteiger charge is 2.25. The summed E-state index contributed by atoms with van der Waals surface area (Å²) >= 11 is 0. The SMILES string of the molecule is CC(C)(C=O)c1ncccc1Oc1cnc2c(F)cccc2c1. The van der Waals surface area contributed by atoms with Gasteiger partial charge in [0.2, 0.25) is 0 Å². The van der Waals surface area contributed by atoms with E-state index in [0.717, 1.165) is 6.29 Å². The van der Waals surface area contributed by atoms with Gasteiger partial charge in [0.25, 0.3) is 0 Å². The highest BCUT2D eigenvalue weighted by atomic mass is 19.1. The summed E-state index contributed by atoms with van der Waals surface area (Å²) < 4.78 is 19.5. The van der Waals surface area contributed by atoms with Crippen LogP contribution >= 0.6 is 0 Å². The molecule has 3 rings (SSSR count). The number of hydrogen-bond acceptors (Lipinski definition) is 4. The Morgan fingerprint density at radius 1 is 1.17 bits per heavy atom. The molecule has 0 saturated carbocycles. The molecule has 116 valence electrons. The lowest BCUT2D eigenvalue weighted by Gasteiger charge is -2.19. The molecule has 4 nitrogen and oxygen atoms in total. The zero-order chi connectivity index (χ0) is 16.4. The van der Waals surface area contributed by atoms with E-state index >= 15 is 0 Å². The maximum Gasteiger partial charge on any atom is 0.150 e. The van der Waals surface area contributed by atoms with Crippen molar-refractivity contribution in [2.75, 3.05) is 0 Å². The molecule has 1 aromatic carbocycles. The van der Waals surface area contributed by atoms with E-state index in [1.165, 1.54) is 12.3 Å². The predicted octanol–water partition coefficient (Wildman–Crippen LogP) is 4.04. The molecule has 0 unspecified atom stereocenters. The van der Waals surface area contributed by atoms with Gasteiger partial charge in [-0.1, -0.05) is 12.1 Å². The van der Waals surface area contributed by atoms with Gasteiger partial charge >= 0.3 is 0 Å². The van der Waals surface area contributed by atoms with E-state index in [4.69, 9.17) is 4.74 Å². The van der Waals surface area contributed by atoms with Gasteiger partial charge in [-0.25, -0.2) is 9.37 Å². The topological polar surface area (TPSA) is 52.1 Å². The van der Waals surface area contributed by atoms with Crippen LogP contribution in [0.2, 0.25) is 0 Å². The Labute approximate surface area is 133 Å². The number of nitrogens with zero attached hydrogens (tertiary/aromatic N) is 2. The number of para-hydroxylation sites is 1. The summed E-state index contributed by atoms with van der Waals surface area (Å²) in [7, 11) is 0. The molecule has 0 aliphatic carbocycles. The summed E-state index contributed by atoms with van der Waals surface area (Å²) in [5.41, 5.74) is 0.0568. The summed E-state index contributed by atoms with van der Waals surface area (Å²) in [4.78, 5) is 19.7. The molecule has 0 bridgehead atoms. The normalized spacial score (nSPS) is 11.4. The lowest BCUT2D eigenvalue weighted by molar-refractivity contribution is -0.111. The van der Waals surface area contributed by atoms with Crippen molar-refractivity contribution in [3.63, 3.8) is 0 Å². The second-order valence-corrected chi connectivity index (χ2v) is 5.77. The smallest absolute Gasteiger partial charge is 0.150 e. The van der Waals surface area contributed by atoms with Crippen molar-refractivity contribution in [2.24, 2.45) is 0 Å². The molecule has 0 atom stereocenters. The first kappa shape index (κ1) is 15.1. The molecular weight excluding hydrogens is 295 g/mol. The molecule has 3 aromatic rings. The third-order valence-corrected chi connectivity index (χ3v) is 3.54. The summed E-state index contributed by atoms with van der Waals surface area (Å²) in [6.45, 7) is 3.53.